The third-order valence-electron chi connectivity index (χ3n) is 1.68. The lowest BCUT2D eigenvalue weighted by Gasteiger charge is -2.05. The molecule has 1 aromatic carbocycles. The van der Waals surface area contributed by atoms with E-state index in [9.17, 15) is 0 Å². The highest BCUT2D eigenvalue weighted by Gasteiger charge is 2.00. The van der Waals surface area contributed by atoms with Gasteiger partial charge in [-0.15, -0.1) is 11.8 Å². The summed E-state index contributed by atoms with van der Waals surface area (Å²) >= 11 is 12.9. The van der Waals surface area contributed by atoms with Crippen LogP contribution < -0.4 is 5.73 Å². The lowest BCUT2D eigenvalue weighted by molar-refractivity contribution is 1.30. The summed E-state index contributed by atoms with van der Waals surface area (Å²) in [6.07, 6.45) is 0. The number of halogens is 2. The molecular formula is C10H11Cl2NS. The van der Waals surface area contributed by atoms with Gasteiger partial charge in [0.1, 0.15) is 0 Å². The number of thioether (sulfide) groups is 1. The van der Waals surface area contributed by atoms with Crippen LogP contribution in [0.1, 0.15) is 5.56 Å². The molecule has 0 amide bonds. The molecule has 0 atom stereocenters. The molecule has 76 valence electrons. The highest BCUT2D eigenvalue weighted by Crippen LogP contribution is 2.26. The Morgan fingerprint density at radius 2 is 2.29 bits per heavy atom. The van der Waals surface area contributed by atoms with Crippen molar-refractivity contribution >= 4 is 40.7 Å². The predicted molar refractivity (Wildman–Crippen MR) is 66.1 cm³/mol. The molecule has 4 heteroatoms. The van der Waals surface area contributed by atoms with Gasteiger partial charge in [0, 0.05) is 26.9 Å². The van der Waals surface area contributed by atoms with Crippen molar-refractivity contribution < 1.29 is 0 Å². The molecule has 14 heavy (non-hydrogen) atoms. The minimum atomic E-state index is 0.646. The van der Waals surface area contributed by atoms with Crippen LogP contribution >= 0.6 is 35.0 Å². The fourth-order valence-electron chi connectivity index (χ4n) is 1.01. The van der Waals surface area contributed by atoms with Crippen molar-refractivity contribution in [1.29, 1.82) is 0 Å². The molecule has 0 saturated heterocycles. The Morgan fingerprint density at radius 1 is 1.57 bits per heavy atom. The molecule has 0 aliphatic carbocycles. The van der Waals surface area contributed by atoms with E-state index in [2.05, 4.69) is 0 Å². The van der Waals surface area contributed by atoms with Gasteiger partial charge >= 0.3 is 0 Å². The highest BCUT2D eigenvalue weighted by molar-refractivity contribution is 7.99. The van der Waals surface area contributed by atoms with Crippen molar-refractivity contribution in [3.63, 3.8) is 0 Å². The second kappa shape index (κ2) is 5.54. The third-order valence-corrected chi connectivity index (χ3v) is 3.68. The maximum absolute atomic E-state index is 5.78. The molecule has 1 nitrogen and oxygen atoms in total. The molecule has 1 rings (SSSR count). The van der Waals surface area contributed by atoms with Gasteiger partial charge in [0.05, 0.1) is 0 Å². The first-order chi connectivity index (χ1) is 6.63. The van der Waals surface area contributed by atoms with E-state index < -0.39 is 0 Å². The van der Waals surface area contributed by atoms with Crippen LogP contribution in [-0.2, 0) is 0 Å². The standard InChI is InChI=1S/C10H11Cl2NS/c1-7-4-9(13)2-3-10(7)14-6-8(12)5-11/h2-5H,6,13H2,1H3. The minimum Gasteiger partial charge on any atom is -0.399 e. The quantitative estimate of drug-likeness (QED) is 0.646. The summed E-state index contributed by atoms with van der Waals surface area (Å²) in [6.45, 7) is 2.02. The summed E-state index contributed by atoms with van der Waals surface area (Å²) in [5.74, 6) is 0.690. The lowest BCUT2D eigenvalue weighted by atomic mass is 10.2. The zero-order valence-corrected chi connectivity index (χ0v) is 10.1. The fourth-order valence-corrected chi connectivity index (χ4v) is 2.17. The molecule has 2 N–H and O–H groups in total. The Hall–Kier alpha value is -0.310. The number of rotatable bonds is 3. The van der Waals surface area contributed by atoms with Crippen LogP contribution in [0, 0.1) is 6.92 Å². The van der Waals surface area contributed by atoms with Gasteiger partial charge in [0.15, 0.2) is 0 Å². The van der Waals surface area contributed by atoms with Gasteiger partial charge in [-0.1, -0.05) is 23.2 Å². The van der Waals surface area contributed by atoms with Gasteiger partial charge in [-0.25, -0.2) is 0 Å². The number of aryl methyl sites for hydroxylation is 1. The maximum atomic E-state index is 5.78. The average Bonchev–Trinajstić information content (AvgIpc) is 2.16. The van der Waals surface area contributed by atoms with Crippen molar-refractivity contribution in [3.05, 3.63) is 34.3 Å². The van der Waals surface area contributed by atoms with Crippen molar-refractivity contribution in [2.75, 3.05) is 11.5 Å². The summed E-state index contributed by atoms with van der Waals surface area (Å²) in [5, 5.41) is 0.646. The van der Waals surface area contributed by atoms with Crippen molar-refractivity contribution in [3.8, 4) is 0 Å². The first-order valence-corrected chi connectivity index (χ1v) is 5.87. The largest absolute Gasteiger partial charge is 0.399 e. The summed E-state index contributed by atoms with van der Waals surface area (Å²) in [5.41, 5.74) is 8.98. The van der Waals surface area contributed by atoms with Gasteiger partial charge in [-0.2, -0.15) is 0 Å². The topological polar surface area (TPSA) is 26.0 Å². The first-order valence-electron chi connectivity index (χ1n) is 4.07. The molecular weight excluding hydrogens is 237 g/mol. The van der Waals surface area contributed by atoms with Gasteiger partial charge in [-0.3, -0.25) is 0 Å². The van der Waals surface area contributed by atoms with E-state index in [1.165, 1.54) is 10.4 Å². The molecule has 0 bridgehead atoms. The van der Waals surface area contributed by atoms with Crippen LogP contribution in [0.3, 0.4) is 0 Å². The number of anilines is 1. The highest BCUT2D eigenvalue weighted by atomic mass is 35.5. The second-order valence-electron chi connectivity index (χ2n) is 2.87. The SMILES string of the molecule is Cc1cc(N)ccc1SCC(Cl)=CCl. The van der Waals surface area contributed by atoms with Gasteiger partial charge in [0.2, 0.25) is 0 Å². The van der Waals surface area contributed by atoms with Gasteiger partial charge < -0.3 is 5.73 Å². The number of hydrogen-bond donors (Lipinski definition) is 1. The Balaban J connectivity index is 2.68. The van der Waals surface area contributed by atoms with E-state index in [0.717, 1.165) is 11.3 Å². The molecule has 0 fully saturated rings. The average molecular weight is 248 g/mol. The van der Waals surface area contributed by atoms with E-state index >= 15 is 0 Å². The summed E-state index contributed by atoms with van der Waals surface area (Å²) in [4.78, 5) is 1.18. The van der Waals surface area contributed by atoms with E-state index in [1.54, 1.807) is 11.8 Å². The zero-order chi connectivity index (χ0) is 10.6. The zero-order valence-electron chi connectivity index (χ0n) is 7.76. The van der Waals surface area contributed by atoms with Crippen molar-refractivity contribution in [1.82, 2.24) is 0 Å². The van der Waals surface area contributed by atoms with Crippen LogP contribution in [0.2, 0.25) is 0 Å². The molecule has 0 unspecified atom stereocenters. The Kier molecular flexibility index (Phi) is 4.66. The Morgan fingerprint density at radius 3 is 2.86 bits per heavy atom. The number of benzene rings is 1. The molecule has 0 aliphatic rings. The normalized spacial score (nSPS) is 11.8. The molecule has 0 heterocycles. The molecule has 0 saturated carbocycles. The minimum absolute atomic E-state index is 0.646. The molecule has 0 aromatic heterocycles. The number of nitrogen functional groups attached to an aromatic ring is 1. The number of hydrogen-bond acceptors (Lipinski definition) is 2. The summed E-state index contributed by atoms with van der Waals surface area (Å²) < 4.78 is 0. The van der Waals surface area contributed by atoms with Crippen LogP contribution in [0.25, 0.3) is 0 Å². The smallest absolute Gasteiger partial charge is 0.0396 e. The molecule has 0 aliphatic heterocycles. The van der Waals surface area contributed by atoms with Crippen LogP contribution in [0.5, 0.6) is 0 Å². The van der Waals surface area contributed by atoms with Crippen molar-refractivity contribution in [2.45, 2.75) is 11.8 Å². The monoisotopic (exact) mass is 247 g/mol. The molecule has 0 radical (unpaired) electrons. The summed E-state index contributed by atoms with van der Waals surface area (Å²) in [7, 11) is 0. The molecule has 1 aromatic rings. The van der Waals surface area contributed by atoms with E-state index in [-0.39, 0.29) is 0 Å². The van der Waals surface area contributed by atoms with Gasteiger partial charge in [-0.05, 0) is 30.7 Å². The third kappa shape index (κ3) is 3.45. The summed E-state index contributed by atoms with van der Waals surface area (Å²) in [6, 6.07) is 5.82. The number of nitrogens with two attached hydrogens (primary N) is 1. The predicted octanol–water partition coefficient (Wildman–Crippen LogP) is 3.99. The maximum Gasteiger partial charge on any atom is 0.0396 e. The van der Waals surface area contributed by atoms with Crippen LogP contribution in [0.15, 0.2) is 33.7 Å². The van der Waals surface area contributed by atoms with E-state index in [0.29, 0.717) is 10.8 Å². The van der Waals surface area contributed by atoms with E-state index in [1.807, 2.05) is 25.1 Å². The van der Waals surface area contributed by atoms with E-state index in [4.69, 9.17) is 28.9 Å². The van der Waals surface area contributed by atoms with Crippen LogP contribution in [0.4, 0.5) is 5.69 Å². The Labute approximate surface area is 98.3 Å². The lowest BCUT2D eigenvalue weighted by Crippen LogP contribution is -1.88. The van der Waals surface area contributed by atoms with Crippen LogP contribution in [-0.4, -0.2) is 5.75 Å². The first kappa shape index (κ1) is 11.8. The van der Waals surface area contributed by atoms with Gasteiger partial charge in [0.25, 0.3) is 0 Å². The van der Waals surface area contributed by atoms with Crippen molar-refractivity contribution in [2.24, 2.45) is 0 Å². The Bertz CT molecular complexity index is 350. The second-order valence-corrected chi connectivity index (χ2v) is 4.59. The molecule has 0 spiro atoms. The fraction of sp³-hybridized carbons (Fsp3) is 0.200.